The molecule has 0 radical (unpaired) electrons. The predicted octanol–water partition coefficient (Wildman–Crippen LogP) is 3.27. The Morgan fingerprint density at radius 3 is 2.96 bits per heavy atom. The molecule has 2 amide bonds. The summed E-state index contributed by atoms with van der Waals surface area (Å²) < 4.78 is 2.53. The van der Waals surface area contributed by atoms with E-state index in [1.54, 1.807) is 10.9 Å². The molecule has 4 rings (SSSR count). The Hall–Kier alpha value is -2.45. The lowest BCUT2D eigenvalue weighted by molar-refractivity contribution is 0.247. The lowest BCUT2D eigenvalue weighted by Crippen LogP contribution is -2.41. The van der Waals surface area contributed by atoms with Gasteiger partial charge in [-0.2, -0.15) is 0 Å². The molecule has 3 aromatic heterocycles. The molecule has 134 valence electrons. The molecule has 3 aromatic rings. The van der Waals surface area contributed by atoms with Crippen molar-refractivity contribution >= 4 is 34.7 Å². The van der Waals surface area contributed by atoms with Gasteiger partial charge in [-0.25, -0.2) is 4.79 Å². The third-order valence-corrected chi connectivity index (χ3v) is 5.63. The van der Waals surface area contributed by atoms with Crippen molar-refractivity contribution in [1.29, 1.82) is 0 Å². The van der Waals surface area contributed by atoms with Crippen molar-refractivity contribution < 1.29 is 4.79 Å². The van der Waals surface area contributed by atoms with E-state index < -0.39 is 0 Å². The molecule has 1 aliphatic carbocycles. The lowest BCUT2D eigenvalue weighted by atomic mass is 9.96. The van der Waals surface area contributed by atoms with Crippen molar-refractivity contribution in [3.8, 4) is 10.6 Å². The SMILES string of the molecule is Cn1nnc2c1CCC(NC(=O)Nc1ccc(-c3ccc(Cl)s3)nc1)C2. The Bertz CT molecular complexity index is 935. The second-order valence-corrected chi connectivity index (χ2v) is 7.90. The van der Waals surface area contributed by atoms with Crippen LogP contribution in [0, 0.1) is 0 Å². The maximum absolute atomic E-state index is 12.2. The van der Waals surface area contributed by atoms with Gasteiger partial charge in [0.05, 0.1) is 38.2 Å². The topological polar surface area (TPSA) is 84.7 Å². The third-order valence-electron chi connectivity index (χ3n) is 4.37. The van der Waals surface area contributed by atoms with Crippen molar-refractivity contribution in [2.45, 2.75) is 25.3 Å². The summed E-state index contributed by atoms with van der Waals surface area (Å²) in [7, 11) is 1.90. The van der Waals surface area contributed by atoms with Gasteiger partial charge in [-0.05, 0) is 37.1 Å². The van der Waals surface area contributed by atoms with E-state index in [4.69, 9.17) is 11.6 Å². The fraction of sp³-hybridized carbons (Fsp3) is 0.294. The molecular weight excluding hydrogens is 372 g/mol. The minimum Gasteiger partial charge on any atom is -0.335 e. The number of rotatable bonds is 3. The first-order chi connectivity index (χ1) is 12.6. The highest BCUT2D eigenvalue weighted by Gasteiger charge is 2.24. The molecule has 1 aliphatic rings. The van der Waals surface area contributed by atoms with Crippen LogP contribution in [0.4, 0.5) is 10.5 Å². The number of nitrogens with one attached hydrogen (secondary N) is 2. The van der Waals surface area contributed by atoms with Crippen LogP contribution >= 0.6 is 22.9 Å². The number of halogens is 1. The number of urea groups is 1. The van der Waals surface area contributed by atoms with Crippen LogP contribution in [0.3, 0.4) is 0 Å². The van der Waals surface area contributed by atoms with E-state index in [0.717, 1.165) is 39.1 Å². The number of carbonyl (C=O) groups is 1. The van der Waals surface area contributed by atoms with Crippen LogP contribution in [0.25, 0.3) is 10.6 Å². The van der Waals surface area contributed by atoms with Crippen molar-refractivity contribution in [2.75, 3.05) is 5.32 Å². The molecule has 9 heteroatoms. The molecule has 0 aliphatic heterocycles. The number of hydrogen-bond acceptors (Lipinski definition) is 5. The Kier molecular flexibility index (Phi) is 4.60. The molecule has 0 bridgehead atoms. The van der Waals surface area contributed by atoms with Gasteiger partial charge in [0, 0.05) is 19.5 Å². The predicted molar refractivity (Wildman–Crippen MR) is 102 cm³/mol. The summed E-state index contributed by atoms with van der Waals surface area (Å²) in [5.74, 6) is 0. The van der Waals surface area contributed by atoms with Gasteiger partial charge in [-0.15, -0.1) is 16.4 Å². The molecule has 0 saturated heterocycles. The zero-order valence-corrected chi connectivity index (χ0v) is 15.6. The number of hydrogen-bond donors (Lipinski definition) is 2. The van der Waals surface area contributed by atoms with E-state index in [9.17, 15) is 4.79 Å². The van der Waals surface area contributed by atoms with Gasteiger partial charge < -0.3 is 10.6 Å². The molecule has 0 aromatic carbocycles. The van der Waals surface area contributed by atoms with Crippen LogP contribution in [0.5, 0.6) is 0 Å². The number of nitrogens with zero attached hydrogens (tertiary/aromatic N) is 4. The van der Waals surface area contributed by atoms with Crippen LogP contribution in [-0.4, -0.2) is 32.1 Å². The van der Waals surface area contributed by atoms with Crippen molar-refractivity contribution in [3.05, 3.63) is 46.2 Å². The van der Waals surface area contributed by atoms with Gasteiger partial charge >= 0.3 is 6.03 Å². The monoisotopic (exact) mass is 388 g/mol. The summed E-state index contributed by atoms with van der Waals surface area (Å²) in [6.07, 6.45) is 4.08. The first kappa shape index (κ1) is 17.0. The number of thiophene rings is 1. The fourth-order valence-corrected chi connectivity index (χ4v) is 4.09. The van der Waals surface area contributed by atoms with Crippen molar-refractivity contribution in [1.82, 2.24) is 25.3 Å². The molecule has 1 atom stereocenters. The van der Waals surface area contributed by atoms with Gasteiger partial charge in [0.15, 0.2) is 0 Å². The molecule has 7 nitrogen and oxygen atoms in total. The largest absolute Gasteiger partial charge is 0.335 e. The summed E-state index contributed by atoms with van der Waals surface area (Å²) in [6, 6.07) is 7.28. The highest BCUT2D eigenvalue weighted by Crippen LogP contribution is 2.30. The molecule has 3 heterocycles. The molecule has 1 unspecified atom stereocenters. The fourth-order valence-electron chi connectivity index (χ4n) is 3.07. The Morgan fingerprint density at radius 2 is 2.23 bits per heavy atom. The zero-order chi connectivity index (χ0) is 18.1. The quantitative estimate of drug-likeness (QED) is 0.721. The Balaban J connectivity index is 1.35. The van der Waals surface area contributed by atoms with Crippen molar-refractivity contribution in [3.63, 3.8) is 0 Å². The molecular formula is C17H17ClN6OS. The number of carbonyl (C=O) groups excluding carboxylic acids is 1. The highest BCUT2D eigenvalue weighted by atomic mass is 35.5. The Morgan fingerprint density at radius 1 is 1.35 bits per heavy atom. The van der Waals surface area contributed by atoms with Crippen LogP contribution in [-0.2, 0) is 19.9 Å². The molecule has 26 heavy (non-hydrogen) atoms. The Labute approximate surface area is 159 Å². The van der Waals surface area contributed by atoms with E-state index in [1.165, 1.54) is 11.3 Å². The van der Waals surface area contributed by atoms with Crippen LogP contribution < -0.4 is 10.6 Å². The van der Waals surface area contributed by atoms with E-state index in [0.29, 0.717) is 12.1 Å². The van der Waals surface area contributed by atoms with Crippen molar-refractivity contribution in [2.24, 2.45) is 7.05 Å². The standard InChI is InChI=1S/C17H17ClN6OS/c1-24-14-5-3-10(8-13(14)22-23-24)20-17(25)21-11-2-4-12(19-9-11)15-6-7-16(18)26-15/h2,4,6-7,9-10H,3,5,8H2,1H3,(H2,20,21,25). The third kappa shape index (κ3) is 3.56. The minimum atomic E-state index is -0.240. The molecule has 2 N–H and O–H groups in total. The molecule has 0 saturated carbocycles. The summed E-state index contributed by atoms with van der Waals surface area (Å²) in [4.78, 5) is 17.6. The van der Waals surface area contributed by atoms with Gasteiger partial charge in [-0.3, -0.25) is 9.67 Å². The first-order valence-corrected chi connectivity index (χ1v) is 9.44. The number of anilines is 1. The maximum Gasteiger partial charge on any atom is 0.319 e. The van der Waals surface area contributed by atoms with Crippen LogP contribution in [0.15, 0.2) is 30.5 Å². The summed E-state index contributed by atoms with van der Waals surface area (Å²) in [5.41, 5.74) is 3.59. The van der Waals surface area contributed by atoms with Crippen LogP contribution in [0.2, 0.25) is 4.34 Å². The van der Waals surface area contributed by atoms with E-state index in [2.05, 4.69) is 25.9 Å². The number of pyridine rings is 1. The second kappa shape index (κ2) is 7.05. The number of amides is 2. The zero-order valence-electron chi connectivity index (χ0n) is 14.1. The minimum absolute atomic E-state index is 0.0553. The molecule has 0 spiro atoms. The van der Waals surface area contributed by atoms with Gasteiger partial charge in [0.2, 0.25) is 0 Å². The summed E-state index contributed by atoms with van der Waals surface area (Å²) in [5, 5.41) is 14.0. The summed E-state index contributed by atoms with van der Waals surface area (Å²) >= 11 is 7.42. The van der Waals surface area contributed by atoms with E-state index in [1.807, 2.05) is 31.3 Å². The smallest absolute Gasteiger partial charge is 0.319 e. The van der Waals surface area contributed by atoms with E-state index in [-0.39, 0.29) is 12.1 Å². The van der Waals surface area contributed by atoms with E-state index >= 15 is 0 Å². The number of fused-ring (bicyclic) bond motifs is 1. The molecule has 0 fully saturated rings. The van der Waals surface area contributed by atoms with Crippen LogP contribution in [0.1, 0.15) is 17.8 Å². The maximum atomic E-state index is 12.2. The summed E-state index contributed by atoms with van der Waals surface area (Å²) in [6.45, 7) is 0. The average Bonchev–Trinajstić information content (AvgIpc) is 3.22. The number of aryl methyl sites for hydroxylation is 1. The lowest BCUT2D eigenvalue weighted by Gasteiger charge is -2.22. The number of aromatic nitrogens is 4. The second-order valence-electron chi connectivity index (χ2n) is 6.18. The van der Waals surface area contributed by atoms with Gasteiger partial charge in [-0.1, -0.05) is 16.8 Å². The van der Waals surface area contributed by atoms with Gasteiger partial charge in [0.25, 0.3) is 0 Å². The van der Waals surface area contributed by atoms with Gasteiger partial charge in [0.1, 0.15) is 0 Å². The average molecular weight is 389 g/mol. The highest BCUT2D eigenvalue weighted by molar-refractivity contribution is 7.19. The first-order valence-electron chi connectivity index (χ1n) is 8.25. The normalized spacial score (nSPS) is 16.2.